The molecule has 0 aliphatic carbocycles. The van der Waals surface area contributed by atoms with Crippen molar-refractivity contribution in [3.63, 3.8) is 0 Å². The molecule has 0 bridgehead atoms. The summed E-state index contributed by atoms with van der Waals surface area (Å²) < 4.78 is 5.56. The van der Waals surface area contributed by atoms with Gasteiger partial charge in [-0.25, -0.2) is 4.98 Å². The van der Waals surface area contributed by atoms with Gasteiger partial charge in [0.2, 0.25) is 5.88 Å². The highest BCUT2D eigenvalue weighted by Crippen LogP contribution is 2.15. The number of aromatic nitrogens is 1. The number of nitrogens with zero attached hydrogens (tertiary/aromatic N) is 2. The lowest BCUT2D eigenvalue weighted by molar-refractivity contribution is 0.198. The third kappa shape index (κ3) is 4.18. The quantitative estimate of drug-likeness (QED) is 0.852. The highest BCUT2D eigenvalue weighted by atomic mass is 16.5. The van der Waals surface area contributed by atoms with E-state index in [1.165, 1.54) is 19.4 Å². The number of ether oxygens (including phenoxy) is 1. The molecule has 1 aromatic rings. The molecule has 0 amide bonds. The molecule has 1 N–H and O–H groups in total. The fourth-order valence-corrected chi connectivity index (χ4v) is 2.59. The van der Waals surface area contributed by atoms with Crippen LogP contribution in [0.25, 0.3) is 0 Å². The minimum Gasteiger partial charge on any atom is -0.478 e. The van der Waals surface area contributed by atoms with Gasteiger partial charge in [0.15, 0.2) is 0 Å². The fraction of sp³-hybridized carbons (Fsp3) is 0.667. The lowest BCUT2D eigenvalue weighted by atomic mass is 10.1. The van der Waals surface area contributed by atoms with E-state index in [-0.39, 0.29) is 0 Å². The van der Waals surface area contributed by atoms with E-state index in [1.807, 2.05) is 13.0 Å². The standard InChI is InChI=1S/C15H25N3O/c1-3-18-10-6-8-14(12-18)17-11-13-7-5-9-16-15(13)19-4-2/h5,7,9,14,17H,3-4,6,8,10-12H2,1-2H3/t14-/m0/s1. The van der Waals surface area contributed by atoms with Gasteiger partial charge in [-0.15, -0.1) is 0 Å². The fourth-order valence-electron chi connectivity index (χ4n) is 2.59. The SMILES string of the molecule is CCOc1ncccc1CN[C@H]1CCCN(CC)C1. The Kier molecular flexibility index (Phi) is 5.61. The lowest BCUT2D eigenvalue weighted by Crippen LogP contribution is -2.45. The Morgan fingerprint density at radius 2 is 2.37 bits per heavy atom. The first kappa shape index (κ1) is 14.3. The second-order valence-corrected chi connectivity index (χ2v) is 5.01. The Morgan fingerprint density at radius 3 is 3.16 bits per heavy atom. The van der Waals surface area contributed by atoms with Crippen LogP contribution in [0.15, 0.2) is 18.3 Å². The molecular formula is C15H25N3O. The van der Waals surface area contributed by atoms with E-state index in [9.17, 15) is 0 Å². The molecule has 0 radical (unpaired) electrons. The number of pyridine rings is 1. The molecule has 0 unspecified atom stereocenters. The maximum Gasteiger partial charge on any atom is 0.217 e. The van der Waals surface area contributed by atoms with Gasteiger partial charge in [0.1, 0.15) is 0 Å². The van der Waals surface area contributed by atoms with Gasteiger partial charge in [-0.1, -0.05) is 13.0 Å². The summed E-state index contributed by atoms with van der Waals surface area (Å²) in [7, 11) is 0. The van der Waals surface area contributed by atoms with Crippen molar-refractivity contribution >= 4 is 0 Å². The Bertz CT molecular complexity index is 383. The molecule has 1 aromatic heterocycles. The van der Waals surface area contributed by atoms with Crippen LogP contribution in [0, 0.1) is 0 Å². The van der Waals surface area contributed by atoms with Crippen molar-refractivity contribution in [2.45, 2.75) is 39.3 Å². The molecule has 1 aliphatic heterocycles. The first-order valence-electron chi connectivity index (χ1n) is 7.36. The van der Waals surface area contributed by atoms with Crippen molar-refractivity contribution in [1.82, 2.24) is 15.2 Å². The van der Waals surface area contributed by atoms with Gasteiger partial charge >= 0.3 is 0 Å². The number of hydrogen-bond donors (Lipinski definition) is 1. The predicted molar refractivity (Wildman–Crippen MR) is 77.4 cm³/mol. The van der Waals surface area contributed by atoms with E-state index in [4.69, 9.17) is 4.74 Å². The van der Waals surface area contributed by atoms with E-state index in [2.05, 4.69) is 28.2 Å². The molecule has 1 atom stereocenters. The minimum absolute atomic E-state index is 0.586. The molecule has 1 aliphatic rings. The molecule has 1 saturated heterocycles. The zero-order valence-corrected chi connectivity index (χ0v) is 12.1. The number of likely N-dealkylation sites (tertiary alicyclic amines) is 1. The second-order valence-electron chi connectivity index (χ2n) is 5.01. The summed E-state index contributed by atoms with van der Waals surface area (Å²) in [5.41, 5.74) is 1.15. The van der Waals surface area contributed by atoms with Crippen LogP contribution in [0.4, 0.5) is 0 Å². The zero-order chi connectivity index (χ0) is 13.5. The van der Waals surface area contributed by atoms with E-state index >= 15 is 0 Å². The first-order chi connectivity index (χ1) is 9.33. The van der Waals surface area contributed by atoms with Gasteiger partial charge in [0, 0.05) is 30.9 Å². The van der Waals surface area contributed by atoms with Gasteiger partial charge in [-0.3, -0.25) is 0 Å². The van der Waals surface area contributed by atoms with E-state index < -0.39 is 0 Å². The molecule has 4 nitrogen and oxygen atoms in total. The van der Waals surface area contributed by atoms with Crippen molar-refractivity contribution in [1.29, 1.82) is 0 Å². The van der Waals surface area contributed by atoms with Gasteiger partial charge in [0.05, 0.1) is 6.61 Å². The van der Waals surface area contributed by atoms with E-state index in [0.29, 0.717) is 12.6 Å². The van der Waals surface area contributed by atoms with Crippen LogP contribution in [0.5, 0.6) is 5.88 Å². The van der Waals surface area contributed by atoms with Crippen molar-refractivity contribution in [3.8, 4) is 5.88 Å². The van der Waals surface area contributed by atoms with Gasteiger partial charge < -0.3 is 15.0 Å². The smallest absolute Gasteiger partial charge is 0.217 e. The van der Waals surface area contributed by atoms with Crippen LogP contribution >= 0.6 is 0 Å². The van der Waals surface area contributed by atoms with E-state index in [0.717, 1.165) is 31.1 Å². The highest BCUT2D eigenvalue weighted by molar-refractivity contribution is 5.25. The summed E-state index contributed by atoms with van der Waals surface area (Å²) in [6.07, 6.45) is 4.34. The summed E-state index contributed by atoms with van der Waals surface area (Å²) in [6, 6.07) is 4.65. The molecule has 2 rings (SSSR count). The first-order valence-corrected chi connectivity index (χ1v) is 7.36. The topological polar surface area (TPSA) is 37.4 Å². The zero-order valence-electron chi connectivity index (χ0n) is 12.1. The average Bonchev–Trinajstić information content (AvgIpc) is 2.47. The lowest BCUT2D eigenvalue weighted by Gasteiger charge is -2.32. The maximum atomic E-state index is 5.56. The van der Waals surface area contributed by atoms with Crippen LogP contribution in [0.2, 0.25) is 0 Å². The third-order valence-electron chi connectivity index (χ3n) is 3.66. The largest absolute Gasteiger partial charge is 0.478 e. The Hall–Kier alpha value is -1.13. The minimum atomic E-state index is 0.586. The molecule has 1 fully saturated rings. The Labute approximate surface area is 116 Å². The van der Waals surface area contributed by atoms with Gasteiger partial charge in [0.25, 0.3) is 0 Å². The van der Waals surface area contributed by atoms with E-state index in [1.54, 1.807) is 6.20 Å². The Morgan fingerprint density at radius 1 is 1.47 bits per heavy atom. The normalized spacial score (nSPS) is 20.4. The van der Waals surface area contributed by atoms with Crippen LogP contribution in [0.1, 0.15) is 32.3 Å². The number of nitrogens with one attached hydrogen (secondary N) is 1. The number of likely N-dealkylation sites (N-methyl/N-ethyl adjacent to an activating group) is 1. The summed E-state index contributed by atoms with van der Waals surface area (Å²) in [4.78, 5) is 6.80. The summed E-state index contributed by atoms with van der Waals surface area (Å²) in [6.45, 7) is 9.27. The average molecular weight is 263 g/mol. The van der Waals surface area contributed by atoms with Crippen molar-refractivity contribution in [3.05, 3.63) is 23.9 Å². The van der Waals surface area contributed by atoms with Gasteiger partial charge in [-0.2, -0.15) is 0 Å². The number of hydrogen-bond acceptors (Lipinski definition) is 4. The molecule has 0 spiro atoms. The monoisotopic (exact) mass is 263 g/mol. The van der Waals surface area contributed by atoms with Crippen molar-refractivity contribution in [2.24, 2.45) is 0 Å². The van der Waals surface area contributed by atoms with Crippen LogP contribution < -0.4 is 10.1 Å². The predicted octanol–water partition coefficient (Wildman–Crippen LogP) is 2.05. The molecule has 4 heteroatoms. The summed E-state index contributed by atoms with van der Waals surface area (Å²) >= 11 is 0. The molecule has 0 saturated carbocycles. The Balaban J connectivity index is 1.87. The second kappa shape index (κ2) is 7.46. The summed E-state index contributed by atoms with van der Waals surface area (Å²) in [5.74, 6) is 0.764. The third-order valence-corrected chi connectivity index (χ3v) is 3.66. The highest BCUT2D eigenvalue weighted by Gasteiger charge is 2.18. The van der Waals surface area contributed by atoms with Crippen molar-refractivity contribution < 1.29 is 4.74 Å². The van der Waals surface area contributed by atoms with Crippen LogP contribution in [-0.2, 0) is 6.54 Å². The number of piperidine rings is 1. The van der Waals surface area contributed by atoms with Gasteiger partial charge in [-0.05, 0) is 38.9 Å². The van der Waals surface area contributed by atoms with Crippen LogP contribution in [0.3, 0.4) is 0 Å². The molecule has 0 aromatic carbocycles. The summed E-state index contributed by atoms with van der Waals surface area (Å²) in [5, 5.41) is 3.64. The maximum absolute atomic E-state index is 5.56. The molecular weight excluding hydrogens is 238 g/mol. The molecule has 106 valence electrons. The molecule has 2 heterocycles. The molecule has 19 heavy (non-hydrogen) atoms. The van der Waals surface area contributed by atoms with Crippen molar-refractivity contribution in [2.75, 3.05) is 26.2 Å². The number of rotatable bonds is 6. The van der Waals surface area contributed by atoms with Crippen LogP contribution in [-0.4, -0.2) is 42.2 Å².